The predicted octanol–water partition coefficient (Wildman–Crippen LogP) is 2.79. The van der Waals surface area contributed by atoms with Crippen molar-refractivity contribution in [2.45, 2.75) is 19.8 Å². The Morgan fingerprint density at radius 1 is 1.15 bits per heavy atom. The van der Waals surface area contributed by atoms with Gasteiger partial charge in [0.25, 0.3) is 0 Å². The normalized spacial score (nSPS) is 11.8. The molecule has 0 aliphatic carbocycles. The van der Waals surface area contributed by atoms with Crippen LogP contribution in [0.25, 0.3) is 21.7 Å². The molecule has 26 heavy (non-hydrogen) atoms. The molecular weight excluding hydrogens is 364 g/mol. The summed E-state index contributed by atoms with van der Waals surface area (Å²) in [6.45, 7) is 1.93. The Morgan fingerprint density at radius 3 is 2.50 bits per heavy atom. The first-order valence-electron chi connectivity index (χ1n) is 7.71. The second-order valence-electron chi connectivity index (χ2n) is 5.66. The summed E-state index contributed by atoms with van der Waals surface area (Å²) in [5.74, 6) is 0.0678. The van der Waals surface area contributed by atoms with Gasteiger partial charge in [0, 0.05) is 18.6 Å². The SMILES string of the molecule is CCCc1cc(=O)c2c(O)cc3cc(OS(=O)(=O)O)cc(OC)c3c2o1. The lowest BCUT2D eigenvalue weighted by molar-refractivity contribution is 0.383. The average molecular weight is 380 g/mol. The van der Waals surface area contributed by atoms with Crippen LogP contribution in [0, 0.1) is 0 Å². The molecule has 0 saturated heterocycles. The molecule has 0 aliphatic heterocycles. The molecule has 8 nitrogen and oxygen atoms in total. The molecule has 0 atom stereocenters. The summed E-state index contributed by atoms with van der Waals surface area (Å²) in [7, 11) is -3.39. The molecule has 0 amide bonds. The van der Waals surface area contributed by atoms with Crippen LogP contribution in [0.1, 0.15) is 19.1 Å². The lowest BCUT2D eigenvalue weighted by Crippen LogP contribution is -2.07. The fourth-order valence-electron chi connectivity index (χ4n) is 2.85. The molecule has 0 saturated carbocycles. The van der Waals surface area contributed by atoms with Crippen LogP contribution >= 0.6 is 0 Å². The highest BCUT2D eigenvalue weighted by atomic mass is 32.3. The molecule has 1 heterocycles. The highest BCUT2D eigenvalue weighted by molar-refractivity contribution is 7.81. The lowest BCUT2D eigenvalue weighted by Gasteiger charge is -2.12. The zero-order valence-electron chi connectivity index (χ0n) is 14.0. The first-order valence-corrected chi connectivity index (χ1v) is 9.07. The number of hydrogen-bond acceptors (Lipinski definition) is 7. The van der Waals surface area contributed by atoms with Crippen LogP contribution in [0.2, 0.25) is 0 Å². The van der Waals surface area contributed by atoms with E-state index in [-0.39, 0.29) is 28.2 Å². The van der Waals surface area contributed by atoms with Crippen LogP contribution in [-0.2, 0) is 16.8 Å². The van der Waals surface area contributed by atoms with Gasteiger partial charge in [0.15, 0.2) is 11.0 Å². The smallest absolute Gasteiger partial charge is 0.446 e. The average Bonchev–Trinajstić information content (AvgIpc) is 2.52. The maximum absolute atomic E-state index is 12.4. The molecule has 0 aliphatic rings. The monoisotopic (exact) mass is 380 g/mol. The number of ether oxygens (including phenoxy) is 1. The molecule has 0 unspecified atom stereocenters. The minimum Gasteiger partial charge on any atom is -0.507 e. The van der Waals surface area contributed by atoms with Gasteiger partial charge in [-0.1, -0.05) is 6.92 Å². The van der Waals surface area contributed by atoms with E-state index in [2.05, 4.69) is 4.18 Å². The van der Waals surface area contributed by atoms with Crippen LogP contribution in [0.4, 0.5) is 0 Å². The van der Waals surface area contributed by atoms with E-state index in [1.807, 2.05) is 6.92 Å². The van der Waals surface area contributed by atoms with E-state index in [0.717, 1.165) is 6.42 Å². The van der Waals surface area contributed by atoms with Crippen molar-refractivity contribution in [3.63, 3.8) is 0 Å². The van der Waals surface area contributed by atoms with Gasteiger partial charge >= 0.3 is 10.4 Å². The molecule has 138 valence electrons. The van der Waals surface area contributed by atoms with Gasteiger partial charge in [0.1, 0.15) is 28.4 Å². The third kappa shape index (κ3) is 3.31. The summed E-state index contributed by atoms with van der Waals surface area (Å²) in [5.41, 5.74) is -0.263. The van der Waals surface area contributed by atoms with Gasteiger partial charge in [0.2, 0.25) is 0 Å². The Morgan fingerprint density at radius 2 is 1.88 bits per heavy atom. The maximum Gasteiger partial charge on any atom is 0.446 e. The molecule has 2 aromatic carbocycles. The van der Waals surface area contributed by atoms with E-state index >= 15 is 0 Å². The van der Waals surface area contributed by atoms with Crippen molar-refractivity contribution in [1.29, 1.82) is 0 Å². The molecule has 0 fully saturated rings. The molecule has 9 heteroatoms. The largest absolute Gasteiger partial charge is 0.507 e. The molecule has 3 rings (SSSR count). The van der Waals surface area contributed by atoms with Crippen molar-refractivity contribution in [3.8, 4) is 17.2 Å². The van der Waals surface area contributed by atoms with Gasteiger partial charge < -0.3 is 18.4 Å². The number of aromatic hydroxyl groups is 1. The number of rotatable bonds is 5. The third-order valence-electron chi connectivity index (χ3n) is 3.80. The van der Waals surface area contributed by atoms with Crippen molar-refractivity contribution in [2.24, 2.45) is 0 Å². The lowest BCUT2D eigenvalue weighted by atomic mass is 10.0. The molecule has 2 N–H and O–H groups in total. The van der Waals surface area contributed by atoms with E-state index < -0.39 is 15.8 Å². The standard InChI is InChI=1S/C17H16O8S/c1-3-4-10-7-13(19)16-12(18)6-9-5-11(25-26(20,21)22)8-14(23-2)15(9)17(16)24-10/h5-8,18H,3-4H2,1-2H3,(H,20,21,22). The summed E-state index contributed by atoms with van der Waals surface area (Å²) in [6, 6.07) is 5.11. The van der Waals surface area contributed by atoms with Gasteiger partial charge in [-0.15, -0.1) is 0 Å². The molecular formula is C17H16O8S. The predicted molar refractivity (Wildman–Crippen MR) is 94.4 cm³/mol. The Hall–Kier alpha value is -2.78. The molecule has 1 aromatic heterocycles. The van der Waals surface area contributed by atoms with E-state index in [1.54, 1.807) is 0 Å². The third-order valence-corrected chi connectivity index (χ3v) is 4.20. The van der Waals surface area contributed by atoms with Crippen molar-refractivity contribution >= 4 is 32.1 Å². The van der Waals surface area contributed by atoms with Crippen molar-refractivity contribution < 1.29 is 31.4 Å². The minimum atomic E-state index is -4.74. The van der Waals surface area contributed by atoms with Crippen LogP contribution in [-0.4, -0.2) is 25.2 Å². The summed E-state index contributed by atoms with van der Waals surface area (Å²) in [6.07, 6.45) is 1.29. The van der Waals surface area contributed by atoms with Gasteiger partial charge in [-0.25, -0.2) is 0 Å². The first kappa shape index (κ1) is 18.0. The van der Waals surface area contributed by atoms with Crippen LogP contribution in [0.15, 0.2) is 33.5 Å². The van der Waals surface area contributed by atoms with Crippen LogP contribution in [0.5, 0.6) is 17.2 Å². The zero-order valence-corrected chi connectivity index (χ0v) is 14.8. The first-order chi connectivity index (χ1) is 12.2. The van der Waals surface area contributed by atoms with Crippen molar-refractivity contribution in [1.82, 2.24) is 0 Å². The number of fused-ring (bicyclic) bond motifs is 3. The molecule has 0 radical (unpaired) electrons. The fourth-order valence-corrected chi connectivity index (χ4v) is 3.19. The Labute approximate surface area is 148 Å². The van der Waals surface area contributed by atoms with Crippen LogP contribution < -0.4 is 14.3 Å². The van der Waals surface area contributed by atoms with E-state index in [9.17, 15) is 18.3 Å². The topological polar surface area (TPSA) is 123 Å². The Bertz CT molecular complexity index is 1160. The number of methoxy groups -OCH3 is 1. The Balaban J connectivity index is 2.43. The van der Waals surface area contributed by atoms with E-state index in [4.69, 9.17) is 13.7 Å². The summed E-state index contributed by atoms with van der Waals surface area (Å²) in [4.78, 5) is 12.4. The zero-order chi connectivity index (χ0) is 19.1. The second-order valence-corrected chi connectivity index (χ2v) is 6.68. The van der Waals surface area contributed by atoms with Gasteiger partial charge in [-0.3, -0.25) is 9.35 Å². The summed E-state index contributed by atoms with van der Waals surface area (Å²) >= 11 is 0. The number of aryl methyl sites for hydroxylation is 1. The van der Waals surface area contributed by atoms with Gasteiger partial charge in [-0.05, 0) is 23.9 Å². The quantitative estimate of drug-likeness (QED) is 0.512. The van der Waals surface area contributed by atoms with Crippen molar-refractivity contribution in [2.75, 3.05) is 7.11 Å². The fraction of sp³-hybridized carbons (Fsp3) is 0.235. The number of phenolic OH excluding ortho intramolecular Hbond substituents is 1. The van der Waals surface area contributed by atoms with Crippen LogP contribution in [0.3, 0.4) is 0 Å². The second kappa shape index (κ2) is 6.50. The van der Waals surface area contributed by atoms with Gasteiger partial charge in [0.05, 0.1) is 12.5 Å². The highest BCUT2D eigenvalue weighted by Crippen LogP contribution is 2.39. The van der Waals surface area contributed by atoms with E-state index in [1.165, 1.54) is 31.4 Å². The summed E-state index contributed by atoms with van der Waals surface area (Å²) in [5, 5.41) is 10.9. The number of phenols is 1. The Kier molecular flexibility index (Phi) is 4.51. The minimum absolute atomic E-state index is 0.000832. The molecule has 3 aromatic rings. The molecule has 0 spiro atoms. The number of benzene rings is 2. The van der Waals surface area contributed by atoms with Gasteiger partial charge in [-0.2, -0.15) is 8.42 Å². The number of hydrogen-bond donors (Lipinski definition) is 2. The summed E-state index contributed by atoms with van der Waals surface area (Å²) < 4.78 is 46.3. The van der Waals surface area contributed by atoms with E-state index in [0.29, 0.717) is 23.0 Å². The van der Waals surface area contributed by atoms with Crippen molar-refractivity contribution in [3.05, 3.63) is 40.2 Å². The molecule has 0 bridgehead atoms. The highest BCUT2D eigenvalue weighted by Gasteiger charge is 2.19. The maximum atomic E-state index is 12.4.